The lowest BCUT2D eigenvalue weighted by Gasteiger charge is -2.39. The monoisotopic (exact) mass is 270 g/mol. The fourth-order valence-electron chi connectivity index (χ4n) is 2.56. The Kier molecular flexibility index (Phi) is 5.14. The molecule has 4 heteroatoms. The van der Waals surface area contributed by atoms with Gasteiger partial charge in [-0.05, 0) is 32.6 Å². The van der Waals surface area contributed by atoms with Gasteiger partial charge in [-0.2, -0.15) is 0 Å². The Morgan fingerprint density at radius 3 is 2.17 bits per heavy atom. The topological polar surface area (TPSA) is 55.1 Å². The lowest BCUT2D eigenvalue weighted by molar-refractivity contribution is -0.130. The van der Waals surface area contributed by atoms with Crippen LogP contribution in [0.25, 0.3) is 0 Å². The predicted molar refractivity (Wildman–Crippen MR) is 79.4 cm³/mol. The smallest absolute Gasteiger partial charge is 0.233 e. The first-order valence-electron chi connectivity index (χ1n) is 7.03. The summed E-state index contributed by atoms with van der Waals surface area (Å²) in [4.78, 5) is 13.0. The van der Waals surface area contributed by atoms with Crippen LogP contribution in [0.3, 0.4) is 0 Å². The number of hydrogen-bond acceptors (Lipinski definition) is 2. The van der Waals surface area contributed by atoms with E-state index in [1.807, 2.05) is 0 Å². The summed E-state index contributed by atoms with van der Waals surface area (Å²) < 4.78 is 0. The minimum atomic E-state index is -0.598. The summed E-state index contributed by atoms with van der Waals surface area (Å²) in [7, 11) is 0. The average Bonchev–Trinajstić information content (AvgIpc) is 2.39. The molecule has 104 valence electrons. The molecule has 18 heavy (non-hydrogen) atoms. The zero-order chi connectivity index (χ0) is 13.8. The van der Waals surface area contributed by atoms with Gasteiger partial charge < -0.3 is 11.1 Å². The summed E-state index contributed by atoms with van der Waals surface area (Å²) in [6, 6.07) is 0. The zero-order valence-corrected chi connectivity index (χ0v) is 12.7. The number of thiocarbonyl (C=S) groups is 1. The Morgan fingerprint density at radius 2 is 1.78 bits per heavy atom. The van der Waals surface area contributed by atoms with Gasteiger partial charge in [0.2, 0.25) is 5.91 Å². The van der Waals surface area contributed by atoms with E-state index in [2.05, 4.69) is 26.1 Å². The fraction of sp³-hybridized carbons (Fsp3) is 0.857. The van der Waals surface area contributed by atoms with Crippen LogP contribution in [-0.2, 0) is 4.79 Å². The van der Waals surface area contributed by atoms with Gasteiger partial charge in [-0.25, -0.2) is 0 Å². The number of amides is 1. The van der Waals surface area contributed by atoms with Crippen LogP contribution in [0, 0.1) is 5.41 Å². The minimum Gasteiger partial charge on any atom is -0.392 e. The standard InChI is InChI=1S/C14H26N2OS/c1-4-13(3,5-2)16-12(17)14(11(15)18)9-7-6-8-10-14/h4-10H2,1-3H3,(H2,15,18)(H,16,17). The third-order valence-electron chi connectivity index (χ3n) is 4.59. The summed E-state index contributed by atoms with van der Waals surface area (Å²) in [5.41, 5.74) is 5.13. The highest BCUT2D eigenvalue weighted by atomic mass is 32.1. The normalized spacial score (nSPS) is 19.3. The van der Waals surface area contributed by atoms with Crippen molar-refractivity contribution in [3.05, 3.63) is 0 Å². The molecule has 3 nitrogen and oxygen atoms in total. The molecule has 1 fully saturated rings. The van der Waals surface area contributed by atoms with Gasteiger partial charge in [0.05, 0.1) is 10.4 Å². The molecule has 0 saturated heterocycles. The summed E-state index contributed by atoms with van der Waals surface area (Å²) in [5.74, 6) is 0.0425. The molecule has 1 rings (SSSR count). The van der Waals surface area contributed by atoms with E-state index >= 15 is 0 Å². The molecule has 0 spiro atoms. The van der Waals surface area contributed by atoms with Crippen molar-refractivity contribution in [1.29, 1.82) is 0 Å². The Hall–Kier alpha value is -0.640. The highest BCUT2D eigenvalue weighted by Crippen LogP contribution is 2.37. The van der Waals surface area contributed by atoms with Crippen molar-refractivity contribution in [2.45, 2.75) is 71.3 Å². The number of hydrogen-bond donors (Lipinski definition) is 2. The second-order valence-corrected chi connectivity index (χ2v) is 6.17. The van der Waals surface area contributed by atoms with Gasteiger partial charge in [0.15, 0.2) is 0 Å². The third-order valence-corrected chi connectivity index (χ3v) is 4.98. The third kappa shape index (κ3) is 3.02. The van der Waals surface area contributed by atoms with Crippen molar-refractivity contribution in [2.75, 3.05) is 0 Å². The molecule has 0 bridgehead atoms. The lowest BCUT2D eigenvalue weighted by Crippen LogP contribution is -2.56. The first-order chi connectivity index (χ1) is 8.40. The van der Waals surface area contributed by atoms with Crippen LogP contribution in [0.15, 0.2) is 0 Å². The predicted octanol–water partition coefficient (Wildman–Crippen LogP) is 2.92. The van der Waals surface area contributed by atoms with Crippen LogP contribution in [0.1, 0.15) is 65.7 Å². The summed E-state index contributed by atoms with van der Waals surface area (Å²) >= 11 is 5.18. The summed E-state index contributed by atoms with van der Waals surface area (Å²) in [5, 5.41) is 3.18. The van der Waals surface area contributed by atoms with Crippen molar-refractivity contribution in [3.8, 4) is 0 Å². The molecule has 1 saturated carbocycles. The maximum absolute atomic E-state index is 12.6. The number of carbonyl (C=O) groups is 1. The maximum Gasteiger partial charge on any atom is 0.233 e. The van der Waals surface area contributed by atoms with E-state index in [1.165, 1.54) is 6.42 Å². The molecule has 0 aromatic rings. The van der Waals surface area contributed by atoms with Crippen LogP contribution < -0.4 is 11.1 Å². The molecule has 0 aromatic carbocycles. The van der Waals surface area contributed by atoms with Crippen LogP contribution >= 0.6 is 12.2 Å². The van der Waals surface area contributed by atoms with Crippen LogP contribution in [0.5, 0.6) is 0 Å². The van der Waals surface area contributed by atoms with E-state index in [9.17, 15) is 4.79 Å². The highest BCUT2D eigenvalue weighted by molar-refractivity contribution is 7.80. The largest absolute Gasteiger partial charge is 0.392 e. The van der Waals surface area contributed by atoms with Crippen molar-refractivity contribution >= 4 is 23.1 Å². The minimum absolute atomic E-state index is 0.0425. The summed E-state index contributed by atoms with van der Waals surface area (Å²) in [6.07, 6.45) is 6.70. The van der Waals surface area contributed by atoms with Gasteiger partial charge in [0.25, 0.3) is 0 Å². The molecule has 0 atom stereocenters. The first-order valence-corrected chi connectivity index (χ1v) is 7.43. The molecule has 3 N–H and O–H groups in total. The summed E-state index contributed by atoms with van der Waals surface area (Å²) in [6.45, 7) is 6.27. The van der Waals surface area contributed by atoms with Crippen molar-refractivity contribution < 1.29 is 4.79 Å². The quantitative estimate of drug-likeness (QED) is 0.755. The molecule has 0 aromatic heterocycles. The van der Waals surface area contributed by atoms with E-state index in [4.69, 9.17) is 18.0 Å². The van der Waals surface area contributed by atoms with Crippen LogP contribution in [0.4, 0.5) is 0 Å². The second-order valence-electron chi connectivity index (χ2n) is 5.73. The SMILES string of the molecule is CCC(C)(CC)NC(=O)C1(C(N)=S)CCCCC1. The van der Waals surface area contributed by atoms with Crippen molar-refractivity contribution in [1.82, 2.24) is 5.32 Å². The van der Waals surface area contributed by atoms with Gasteiger partial charge in [0.1, 0.15) is 0 Å². The highest BCUT2D eigenvalue weighted by Gasteiger charge is 2.43. The van der Waals surface area contributed by atoms with Gasteiger partial charge in [-0.15, -0.1) is 0 Å². The van der Waals surface area contributed by atoms with E-state index < -0.39 is 5.41 Å². The molecular weight excluding hydrogens is 244 g/mol. The number of carbonyl (C=O) groups excluding carboxylic acids is 1. The van der Waals surface area contributed by atoms with Gasteiger partial charge in [0, 0.05) is 5.54 Å². The molecule has 0 heterocycles. The van der Waals surface area contributed by atoms with Gasteiger partial charge in [-0.1, -0.05) is 45.3 Å². The Labute approximate surface area is 116 Å². The van der Waals surface area contributed by atoms with Gasteiger partial charge >= 0.3 is 0 Å². The molecule has 1 aliphatic rings. The van der Waals surface area contributed by atoms with Crippen LogP contribution in [-0.4, -0.2) is 16.4 Å². The Balaban J connectivity index is 2.87. The molecule has 0 unspecified atom stereocenters. The average molecular weight is 270 g/mol. The second kappa shape index (κ2) is 6.00. The number of rotatable bonds is 5. The van der Waals surface area contributed by atoms with Gasteiger partial charge in [-0.3, -0.25) is 4.79 Å². The van der Waals surface area contributed by atoms with Crippen molar-refractivity contribution in [2.24, 2.45) is 11.1 Å². The lowest BCUT2D eigenvalue weighted by atomic mass is 9.72. The molecule has 1 amide bonds. The van der Waals surface area contributed by atoms with Crippen molar-refractivity contribution in [3.63, 3.8) is 0 Å². The van der Waals surface area contributed by atoms with Crippen LogP contribution in [0.2, 0.25) is 0 Å². The molecule has 1 aliphatic carbocycles. The number of nitrogens with one attached hydrogen (secondary N) is 1. The fourth-order valence-corrected chi connectivity index (χ4v) is 2.86. The van der Waals surface area contributed by atoms with E-state index in [-0.39, 0.29) is 11.4 Å². The maximum atomic E-state index is 12.6. The molecule has 0 radical (unpaired) electrons. The first kappa shape index (κ1) is 15.4. The molecule has 0 aliphatic heterocycles. The Bertz CT molecular complexity index is 318. The number of nitrogens with two attached hydrogens (primary N) is 1. The molecular formula is C14H26N2OS. The Morgan fingerprint density at radius 1 is 1.28 bits per heavy atom. The van der Waals surface area contributed by atoms with E-state index in [0.29, 0.717) is 4.99 Å². The zero-order valence-electron chi connectivity index (χ0n) is 11.8. The van der Waals surface area contributed by atoms with E-state index in [0.717, 1.165) is 38.5 Å². The van der Waals surface area contributed by atoms with E-state index in [1.54, 1.807) is 0 Å².